The smallest absolute Gasteiger partial charge is 0.312 e. The number of hydrogen-bond donors (Lipinski definition) is 1. The first-order valence-electron chi connectivity index (χ1n) is 8.95. The number of carbonyl (C=O) groups excluding carboxylic acids is 1. The molecule has 0 radical (unpaired) electrons. The van der Waals surface area contributed by atoms with Crippen LogP contribution in [0.15, 0.2) is 57.1 Å². The number of carbonyl (C=O) groups is 1. The predicted molar refractivity (Wildman–Crippen MR) is 118 cm³/mol. The number of ether oxygens (including phenoxy) is 2. The summed E-state index contributed by atoms with van der Waals surface area (Å²) in [4.78, 5) is 28.7. The highest BCUT2D eigenvalue weighted by Gasteiger charge is 2.14. The van der Waals surface area contributed by atoms with Gasteiger partial charge in [-0.1, -0.05) is 34.1 Å². The molecule has 7 nitrogen and oxygen atoms in total. The van der Waals surface area contributed by atoms with Crippen molar-refractivity contribution in [3.63, 3.8) is 0 Å². The van der Waals surface area contributed by atoms with Crippen LogP contribution in [0.4, 0.5) is 0 Å². The molecule has 0 spiro atoms. The number of halogens is 1. The molecular weight excluding hydrogens is 470 g/mol. The van der Waals surface area contributed by atoms with E-state index < -0.39 is 5.97 Å². The molecule has 0 aliphatic heterocycles. The summed E-state index contributed by atoms with van der Waals surface area (Å²) in [7, 11) is 1.61. The molecule has 2 heterocycles. The van der Waals surface area contributed by atoms with Crippen molar-refractivity contribution in [2.45, 2.75) is 13.0 Å². The zero-order chi connectivity index (χ0) is 21.1. The number of nitrogens with one attached hydrogen (secondary N) is 1. The van der Waals surface area contributed by atoms with Gasteiger partial charge in [-0.3, -0.25) is 9.59 Å². The van der Waals surface area contributed by atoms with Crippen LogP contribution in [-0.2, 0) is 22.6 Å². The van der Waals surface area contributed by atoms with E-state index in [-0.39, 0.29) is 18.6 Å². The fourth-order valence-corrected chi connectivity index (χ4v) is 4.18. The average Bonchev–Trinajstić information content (AvgIpc) is 3.23. The number of hydrogen-bond acceptors (Lipinski definition) is 7. The Balaban J connectivity index is 1.45. The third kappa shape index (κ3) is 4.27. The van der Waals surface area contributed by atoms with Crippen LogP contribution < -0.4 is 10.3 Å². The highest BCUT2D eigenvalue weighted by molar-refractivity contribution is 9.10. The topological polar surface area (TPSA) is 94.2 Å². The molecule has 0 saturated heterocycles. The van der Waals surface area contributed by atoms with Crippen LogP contribution in [0.25, 0.3) is 21.3 Å². The summed E-state index contributed by atoms with van der Waals surface area (Å²) < 4.78 is 11.7. The van der Waals surface area contributed by atoms with Crippen molar-refractivity contribution in [3.05, 3.63) is 74.1 Å². The maximum Gasteiger partial charge on any atom is 0.312 e. The summed E-state index contributed by atoms with van der Waals surface area (Å²) >= 11 is 4.90. The minimum Gasteiger partial charge on any atom is -0.496 e. The molecule has 4 rings (SSSR count). The Morgan fingerprint density at radius 2 is 2.00 bits per heavy atom. The van der Waals surface area contributed by atoms with Crippen molar-refractivity contribution in [2.24, 2.45) is 0 Å². The van der Waals surface area contributed by atoms with Gasteiger partial charge < -0.3 is 9.47 Å². The zero-order valence-corrected chi connectivity index (χ0v) is 18.2. The minimum absolute atomic E-state index is 0.0479. The van der Waals surface area contributed by atoms with E-state index in [1.54, 1.807) is 31.4 Å². The first-order valence-corrected chi connectivity index (χ1v) is 10.6. The van der Waals surface area contributed by atoms with Crippen molar-refractivity contribution in [2.75, 3.05) is 7.11 Å². The normalized spacial score (nSPS) is 10.9. The van der Waals surface area contributed by atoms with E-state index in [0.29, 0.717) is 27.9 Å². The summed E-state index contributed by atoms with van der Waals surface area (Å²) in [6.07, 6.45) is -0.0479. The van der Waals surface area contributed by atoms with E-state index in [4.69, 9.17) is 9.47 Å². The Hall–Kier alpha value is -3.04. The van der Waals surface area contributed by atoms with E-state index in [1.807, 2.05) is 23.6 Å². The number of H-pyrrole nitrogens is 1. The minimum atomic E-state index is -0.450. The van der Waals surface area contributed by atoms with Crippen LogP contribution in [0, 0.1) is 0 Å². The molecule has 0 bridgehead atoms. The third-order valence-corrected chi connectivity index (χ3v) is 5.83. The lowest BCUT2D eigenvalue weighted by Gasteiger charge is -2.06. The summed E-state index contributed by atoms with van der Waals surface area (Å²) in [6, 6.07) is 12.7. The van der Waals surface area contributed by atoms with Crippen LogP contribution in [0.5, 0.6) is 5.75 Å². The van der Waals surface area contributed by atoms with Gasteiger partial charge in [-0.15, -0.1) is 11.3 Å². The summed E-state index contributed by atoms with van der Waals surface area (Å²) in [5.41, 5.74) is 1.68. The fraction of sp³-hybridized carbons (Fsp3) is 0.143. The van der Waals surface area contributed by atoms with Gasteiger partial charge in [-0.05, 0) is 24.3 Å². The van der Waals surface area contributed by atoms with Crippen molar-refractivity contribution >= 4 is 44.0 Å². The molecule has 0 fully saturated rings. The lowest BCUT2D eigenvalue weighted by atomic mass is 10.1. The second kappa shape index (κ2) is 8.76. The van der Waals surface area contributed by atoms with Crippen LogP contribution in [0.2, 0.25) is 0 Å². The molecule has 0 aliphatic rings. The molecular formula is C21H16BrN3O4S. The molecule has 9 heteroatoms. The van der Waals surface area contributed by atoms with Gasteiger partial charge >= 0.3 is 5.97 Å². The monoisotopic (exact) mass is 485 g/mol. The van der Waals surface area contributed by atoms with Crippen LogP contribution in [0.1, 0.15) is 11.4 Å². The average molecular weight is 486 g/mol. The molecule has 30 heavy (non-hydrogen) atoms. The van der Waals surface area contributed by atoms with Gasteiger partial charge in [-0.25, -0.2) is 10.1 Å². The highest BCUT2D eigenvalue weighted by Crippen LogP contribution is 2.34. The number of aromatic nitrogens is 3. The van der Waals surface area contributed by atoms with Gasteiger partial charge in [0.05, 0.1) is 35.9 Å². The quantitative estimate of drug-likeness (QED) is 0.413. The maximum absolute atomic E-state index is 12.3. The van der Waals surface area contributed by atoms with Gasteiger partial charge in [0.15, 0.2) is 0 Å². The number of fused-ring (bicyclic) bond motifs is 1. The Bertz CT molecular complexity index is 1280. The van der Waals surface area contributed by atoms with E-state index in [0.717, 1.165) is 15.0 Å². The van der Waals surface area contributed by atoms with E-state index in [9.17, 15) is 9.59 Å². The molecule has 0 saturated carbocycles. The van der Waals surface area contributed by atoms with Crippen LogP contribution >= 0.6 is 27.3 Å². The lowest BCUT2D eigenvalue weighted by molar-refractivity contribution is -0.144. The third-order valence-electron chi connectivity index (χ3n) is 4.41. The van der Waals surface area contributed by atoms with Crippen molar-refractivity contribution in [1.82, 2.24) is 15.2 Å². The van der Waals surface area contributed by atoms with Gasteiger partial charge in [0, 0.05) is 15.2 Å². The van der Waals surface area contributed by atoms with Crippen molar-refractivity contribution in [1.29, 1.82) is 0 Å². The molecule has 2 aromatic carbocycles. The van der Waals surface area contributed by atoms with E-state index in [2.05, 4.69) is 31.1 Å². The SMILES string of the molecule is COc1ccc(Br)cc1-c1nc(COC(=O)Cc2n[nH]c(=O)c3ccccc23)cs1. The van der Waals surface area contributed by atoms with E-state index >= 15 is 0 Å². The van der Waals surface area contributed by atoms with Crippen molar-refractivity contribution < 1.29 is 14.3 Å². The Morgan fingerprint density at radius 1 is 1.20 bits per heavy atom. The number of esters is 1. The molecule has 0 atom stereocenters. The Morgan fingerprint density at radius 3 is 2.80 bits per heavy atom. The van der Waals surface area contributed by atoms with E-state index in [1.165, 1.54) is 11.3 Å². The van der Waals surface area contributed by atoms with Crippen molar-refractivity contribution in [3.8, 4) is 16.3 Å². The summed E-state index contributed by atoms with van der Waals surface area (Å²) in [6.45, 7) is 0.0485. The van der Waals surface area contributed by atoms with Gasteiger partial charge in [0.1, 0.15) is 17.4 Å². The van der Waals surface area contributed by atoms with Crippen LogP contribution in [0.3, 0.4) is 0 Å². The predicted octanol–water partition coefficient (Wildman–Crippen LogP) is 4.10. The fourth-order valence-electron chi connectivity index (χ4n) is 2.99. The van der Waals surface area contributed by atoms with Gasteiger partial charge in [-0.2, -0.15) is 5.10 Å². The number of thiazole rings is 1. The second-order valence-corrected chi connectivity index (χ2v) is 8.14. The van der Waals surface area contributed by atoms with Gasteiger partial charge in [0.2, 0.25) is 0 Å². The number of benzene rings is 2. The first kappa shape index (κ1) is 20.2. The number of aromatic amines is 1. The summed E-state index contributed by atoms with van der Waals surface area (Å²) in [5.74, 6) is 0.265. The molecule has 0 unspecified atom stereocenters. The molecule has 0 aliphatic carbocycles. The standard InChI is InChI=1S/C21H16BrN3O4S/c1-28-18-7-6-12(22)8-16(18)21-23-13(11-30-21)10-29-19(26)9-17-14-4-2-3-5-15(14)20(27)25-24-17/h2-8,11H,9-10H2,1H3,(H,25,27). The van der Waals surface area contributed by atoms with Crippen LogP contribution in [-0.4, -0.2) is 28.3 Å². The Labute approximate surface area is 183 Å². The number of methoxy groups -OCH3 is 1. The highest BCUT2D eigenvalue weighted by atomic mass is 79.9. The zero-order valence-electron chi connectivity index (χ0n) is 15.8. The number of rotatable bonds is 6. The Kier molecular flexibility index (Phi) is 5.91. The first-order chi connectivity index (χ1) is 14.5. The maximum atomic E-state index is 12.3. The lowest BCUT2D eigenvalue weighted by Crippen LogP contribution is -2.15. The molecule has 2 aromatic heterocycles. The molecule has 152 valence electrons. The molecule has 4 aromatic rings. The number of nitrogens with zero attached hydrogens (tertiary/aromatic N) is 2. The largest absolute Gasteiger partial charge is 0.496 e. The molecule has 0 amide bonds. The summed E-state index contributed by atoms with van der Waals surface area (Å²) in [5, 5.41) is 10.2. The molecule has 1 N–H and O–H groups in total. The second-order valence-electron chi connectivity index (χ2n) is 6.37. The van der Waals surface area contributed by atoms with Gasteiger partial charge in [0.25, 0.3) is 5.56 Å².